The molecule has 0 fully saturated rings. The Morgan fingerprint density at radius 3 is 2.93 bits per heavy atom. The Morgan fingerprint density at radius 1 is 1.20 bits per heavy atom. The molecule has 0 amide bonds. The van der Waals surface area contributed by atoms with Crippen molar-refractivity contribution in [2.75, 3.05) is 5.73 Å². The van der Waals surface area contributed by atoms with Gasteiger partial charge in [0.05, 0.1) is 0 Å². The van der Waals surface area contributed by atoms with E-state index in [0.717, 1.165) is 17.7 Å². The first kappa shape index (κ1) is 9.78. The highest BCUT2D eigenvalue weighted by atomic mass is 14.6. The van der Waals surface area contributed by atoms with Crippen LogP contribution in [0.3, 0.4) is 0 Å². The topological polar surface area (TPSA) is 26.0 Å². The molecule has 1 aromatic rings. The second-order valence-electron chi connectivity index (χ2n) is 3.71. The van der Waals surface area contributed by atoms with Gasteiger partial charge in [-0.1, -0.05) is 42.5 Å². The first-order valence-electron chi connectivity index (χ1n) is 5.18. The van der Waals surface area contributed by atoms with E-state index >= 15 is 0 Å². The van der Waals surface area contributed by atoms with Gasteiger partial charge in [0, 0.05) is 5.69 Å². The van der Waals surface area contributed by atoms with Gasteiger partial charge in [0.2, 0.25) is 0 Å². The number of nitrogens with two attached hydrogens (primary N) is 1. The number of hydrogen-bond acceptors (Lipinski definition) is 1. The van der Waals surface area contributed by atoms with Crippen LogP contribution in [0.4, 0.5) is 5.69 Å². The number of hydrogen-bond donors (Lipinski definition) is 1. The lowest BCUT2D eigenvalue weighted by Crippen LogP contribution is -1.93. The highest BCUT2D eigenvalue weighted by Crippen LogP contribution is 2.25. The highest BCUT2D eigenvalue weighted by Gasteiger charge is 2.04. The van der Waals surface area contributed by atoms with Crippen molar-refractivity contribution in [3.05, 3.63) is 59.7 Å². The molecule has 0 atom stereocenters. The van der Waals surface area contributed by atoms with E-state index in [1.165, 1.54) is 11.1 Å². The van der Waals surface area contributed by atoms with E-state index in [-0.39, 0.29) is 0 Å². The number of benzene rings is 1. The van der Waals surface area contributed by atoms with Crippen LogP contribution < -0.4 is 5.73 Å². The first-order valence-corrected chi connectivity index (χ1v) is 5.18. The highest BCUT2D eigenvalue weighted by molar-refractivity contribution is 5.79. The summed E-state index contributed by atoms with van der Waals surface area (Å²) in [6.45, 7) is 2.06. The summed E-state index contributed by atoms with van der Waals surface area (Å²) in [7, 11) is 0. The van der Waals surface area contributed by atoms with Gasteiger partial charge in [-0.15, -0.1) is 0 Å². The summed E-state index contributed by atoms with van der Waals surface area (Å²) in [5.41, 5.74) is 10.4. The number of anilines is 1. The lowest BCUT2D eigenvalue weighted by molar-refractivity contribution is 1.40. The van der Waals surface area contributed by atoms with Crippen molar-refractivity contribution in [1.29, 1.82) is 0 Å². The zero-order valence-electron chi connectivity index (χ0n) is 8.90. The zero-order valence-corrected chi connectivity index (χ0v) is 8.90. The van der Waals surface area contributed by atoms with Crippen LogP contribution >= 0.6 is 0 Å². The molecular weight excluding hydrogens is 182 g/mol. The lowest BCUT2D eigenvalue weighted by atomic mass is 9.99. The maximum Gasteiger partial charge on any atom is 0.0349 e. The molecule has 0 saturated heterocycles. The standard InChI is InChI=1S/C14H15N/c1-11-13(9-6-10-14(11)15)12-7-4-2-3-5-8-12/h2,4-10H,3,15H2,1H3. The normalized spacial score (nSPS) is 14.9. The Balaban J connectivity index is 2.49. The van der Waals surface area contributed by atoms with Crippen molar-refractivity contribution in [2.24, 2.45) is 0 Å². The molecule has 2 N–H and O–H groups in total. The average molecular weight is 197 g/mol. The third-order valence-electron chi connectivity index (χ3n) is 2.67. The summed E-state index contributed by atoms with van der Waals surface area (Å²) in [5, 5.41) is 0. The quantitative estimate of drug-likeness (QED) is 0.685. The molecule has 1 nitrogen and oxygen atoms in total. The molecule has 0 radical (unpaired) electrons. The third-order valence-corrected chi connectivity index (χ3v) is 2.67. The number of allylic oxidation sites excluding steroid dienone is 6. The Labute approximate surface area is 90.6 Å². The van der Waals surface area contributed by atoms with Crippen molar-refractivity contribution in [3.8, 4) is 0 Å². The summed E-state index contributed by atoms with van der Waals surface area (Å²) in [4.78, 5) is 0. The predicted molar refractivity (Wildman–Crippen MR) is 66.5 cm³/mol. The molecule has 0 saturated carbocycles. The van der Waals surface area contributed by atoms with Gasteiger partial charge in [-0.05, 0) is 36.1 Å². The smallest absolute Gasteiger partial charge is 0.0349 e. The maximum atomic E-state index is 5.90. The average Bonchev–Trinajstić information content (AvgIpc) is 2.50. The summed E-state index contributed by atoms with van der Waals surface area (Å²) in [6.07, 6.45) is 11.7. The fraction of sp³-hybridized carbons (Fsp3) is 0.143. The SMILES string of the molecule is Cc1c(N)cccc1C1=CC=CCC=C1. The van der Waals surface area contributed by atoms with Gasteiger partial charge in [0.25, 0.3) is 0 Å². The molecule has 0 unspecified atom stereocenters. The number of nitrogen functional groups attached to an aromatic ring is 1. The molecule has 1 heteroatoms. The molecule has 2 rings (SSSR count). The van der Waals surface area contributed by atoms with Crippen LogP contribution in [0.15, 0.2) is 48.6 Å². The Kier molecular flexibility index (Phi) is 2.72. The van der Waals surface area contributed by atoms with Crippen LogP contribution in [0.2, 0.25) is 0 Å². The maximum absolute atomic E-state index is 5.90. The predicted octanol–water partition coefficient (Wildman–Crippen LogP) is 3.48. The molecule has 0 heterocycles. The van der Waals surface area contributed by atoms with Crippen molar-refractivity contribution in [3.63, 3.8) is 0 Å². The van der Waals surface area contributed by atoms with Crippen LogP contribution in [0.5, 0.6) is 0 Å². The summed E-state index contributed by atoms with van der Waals surface area (Å²) >= 11 is 0. The van der Waals surface area contributed by atoms with Gasteiger partial charge in [-0.3, -0.25) is 0 Å². The third kappa shape index (κ3) is 2.01. The van der Waals surface area contributed by atoms with E-state index in [1.54, 1.807) is 0 Å². The molecule has 1 aliphatic rings. The molecular formula is C14H15N. The van der Waals surface area contributed by atoms with E-state index in [2.05, 4.69) is 43.4 Å². The Morgan fingerprint density at radius 2 is 2.07 bits per heavy atom. The molecule has 1 aromatic carbocycles. The van der Waals surface area contributed by atoms with Crippen molar-refractivity contribution in [2.45, 2.75) is 13.3 Å². The Bertz CT molecular complexity index is 450. The van der Waals surface area contributed by atoms with E-state index in [4.69, 9.17) is 5.73 Å². The molecule has 0 bridgehead atoms. The first-order chi connectivity index (χ1) is 7.29. The minimum atomic E-state index is 0.857. The molecule has 76 valence electrons. The van der Waals surface area contributed by atoms with Crippen molar-refractivity contribution in [1.82, 2.24) is 0 Å². The van der Waals surface area contributed by atoms with Gasteiger partial charge < -0.3 is 5.73 Å². The van der Waals surface area contributed by atoms with Crippen LogP contribution in [0.25, 0.3) is 5.57 Å². The Hall–Kier alpha value is -1.76. The largest absolute Gasteiger partial charge is 0.398 e. The summed E-state index contributed by atoms with van der Waals surface area (Å²) in [6, 6.07) is 6.05. The number of rotatable bonds is 1. The van der Waals surface area contributed by atoms with E-state index < -0.39 is 0 Å². The van der Waals surface area contributed by atoms with Crippen molar-refractivity contribution < 1.29 is 0 Å². The fourth-order valence-electron chi connectivity index (χ4n) is 1.73. The van der Waals surface area contributed by atoms with Crippen LogP contribution in [0, 0.1) is 6.92 Å². The van der Waals surface area contributed by atoms with Gasteiger partial charge >= 0.3 is 0 Å². The van der Waals surface area contributed by atoms with E-state index in [0.29, 0.717) is 0 Å². The minimum absolute atomic E-state index is 0.857. The van der Waals surface area contributed by atoms with E-state index in [9.17, 15) is 0 Å². The summed E-state index contributed by atoms with van der Waals surface area (Å²) in [5.74, 6) is 0. The molecule has 15 heavy (non-hydrogen) atoms. The second kappa shape index (κ2) is 4.18. The molecule has 0 aromatic heterocycles. The van der Waals surface area contributed by atoms with Gasteiger partial charge in [-0.25, -0.2) is 0 Å². The molecule has 0 spiro atoms. The van der Waals surface area contributed by atoms with Gasteiger partial charge in [0.1, 0.15) is 0 Å². The molecule has 0 aliphatic heterocycles. The van der Waals surface area contributed by atoms with Crippen LogP contribution in [0.1, 0.15) is 17.5 Å². The second-order valence-corrected chi connectivity index (χ2v) is 3.71. The van der Waals surface area contributed by atoms with Crippen molar-refractivity contribution >= 4 is 11.3 Å². The fourth-order valence-corrected chi connectivity index (χ4v) is 1.73. The van der Waals surface area contributed by atoms with Crippen LogP contribution in [-0.4, -0.2) is 0 Å². The van der Waals surface area contributed by atoms with Gasteiger partial charge in [0.15, 0.2) is 0 Å². The lowest BCUT2D eigenvalue weighted by Gasteiger charge is -2.08. The molecule has 1 aliphatic carbocycles. The van der Waals surface area contributed by atoms with Gasteiger partial charge in [-0.2, -0.15) is 0 Å². The minimum Gasteiger partial charge on any atom is -0.398 e. The van der Waals surface area contributed by atoms with Crippen LogP contribution in [-0.2, 0) is 0 Å². The monoisotopic (exact) mass is 197 g/mol. The zero-order chi connectivity index (χ0) is 10.7. The summed E-state index contributed by atoms with van der Waals surface area (Å²) < 4.78 is 0. The van der Waals surface area contributed by atoms with E-state index in [1.807, 2.05) is 12.1 Å².